The molecular formula is C15H14O2. The van der Waals surface area contributed by atoms with Gasteiger partial charge in [0, 0.05) is 11.0 Å². The van der Waals surface area contributed by atoms with Crippen LogP contribution in [-0.2, 0) is 0 Å². The second-order valence-electron chi connectivity index (χ2n) is 4.87. The fourth-order valence-electron chi connectivity index (χ4n) is 1.47. The van der Waals surface area contributed by atoms with Crippen LogP contribution in [-0.4, -0.2) is 6.79 Å². The van der Waals surface area contributed by atoms with Gasteiger partial charge in [0.25, 0.3) is 0 Å². The van der Waals surface area contributed by atoms with Gasteiger partial charge < -0.3 is 9.47 Å². The molecule has 0 aliphatic carbocycles. The average molecular weight is 226 g/mol. The van der Waals surface area contributed by atoms with Gasteiger partial charge in [0.05, 0.1) is 5.56 Å². The summed E-state index contributed by atoms with van der Waals surface area (Å²) in [5.41, 5.74) is 1.44. The largest absolute Gasteiger partial charge is 0.454 e. The number of hydrogen-bond donors (Lipinski definition) is 0. The highest BCUT2D eigenvalue weighted by atomic mass is 16.7. The maximum absolute atomic E-state index is 5.51. The van der Waals surface area contributed by atoms with E-state index in [-0.39, 0.29) is 12.2 Å². The molecule has 0 radical (unpaired) electrons. The third-order valence-corrected chi connectivity index (χ3v) is 2.26. The van der Waals surface area contributed by atoms with E-state index in [1.54, 1.807) is 0 Å². The van der Waals surface area contributed by atoms with Crippen molar-refractivity contribution in [3.8, 4) is 35.7 Å². The minimum absolute atomic E-state index is 0.0533. The summed E-state index contributed by atoms with van der Waals surface area (Å²) in [6, 6.07) is 3.72. The van der Waals surface area contributed by atoms with Crippen LogP contribution in [0.3, 0.4) is 0 Å². The lowest BCUT2D eigenvalue weighted by molar-refractivity contribution is 0.173. The van der Waals surface area contributed by atoms with Crippen molar-refractivity contribution in [3.63, 3.8) is 0 Å². The number of hydrogen-bond acceptors (Lipinski definition) is 2. The second-order valence-corrected chi connectivity index (χ2v) is 4.87. The Morgan fingerprint density at radius 1 is 1.24 bits per heavy atom. The topological polar surface area (TPSA) is 18.5 Å². The van der Waals surface area contributed by atoms with E-state index in [4.69, 9.17) is 15.9 Å². The highest BCUT2D eigenvalue weighted by Gasteiger charge is 2.19. The van der Waals surface area contributed by atoms with E-state index in [9.17, 15) is 0 Å². The quantitative estimate of drug-likeness (QED) is 0.633. The van der Waals surface area contributed by atoms with E-state index in [0.29, 0.717) is 17.1 Å². The Morgan fingerprint density at radius 3 is 2.65 bits per heavy atom. The Balaban J connectivity index is 2.49. The first-order valence-electron chi connectivity index (χ1n) is 5.43. The molecule has 0 amide bonds. The van der Waals surface area contributed by atoms with Crippen molar-refractivity contribution in [1.29, 1.82) is 0 Å². The SMILES string of the molecule is C#Cc1c(C#CC(C)(C)C)ccc2c1OCO2. The fraction of sp³-hybridized carbons (Fsp3) is 0.333. The molecule has 2 heteroatoms. The summed E-state index contributed by atoms with van der Waals surface area (Å²) in [5.74, 6) is 10.2. The van der Waals surface area contributed by atoms with E-state index in [2.05, 4.69) is 38.5 Å². The molecule has 0 saturated carbocycles. The van der Waals surface area contributed by atoms with Gasteiger partial charge in [0.2, 0.25) is 6.79 Å². The van der Waals surface area contributed by atoms with Crippen LogP contribution in [0.15, 0.2) is 12.1 Å². The minimum Gasteiger partial charge on any atom is -0.454 e. The van der Waals surface area contributed by atoms with Crippen molar-refractivity contribution in [1.82, 2.24) is 0 Å². The lowest BCUT2D eigenvalue weighted by Gasteiger charge is -2.07. The summed E-state index contributed by atoms with van der Waals surface area (Å²) in [6.07, 6.45) is 5.51. The third-order valence-electron chi connectivity index (χ3n) is 2.26. The summed E-state index contributed by atoms with van der Waals surface area (Å²) in [7, 11) is 0. The van der Waals surface area contributed by atoms with E-state index < -0.39 is 0 Å². The molecule has 1 aromatic rings. The molecule has 1 aromatic carbocycles. The van der Waals surface area contributed by atoms with Crippen molar-refractivity contribution >= 4 is 0 Å². The molecule has 0 aromatic heterocycles. The van der Waals surface area contributed by atoms with Crippen molar-refractivity contribution in [2.24, 2.45) is 5.41 Å². The van der Waals surface area contributed by atoms with Gasteiger partial charge >= 0.3 is 0 Å². The van der Waals surface area contributed by atoms with Crippen molar-refractivity contribution in [2.45, 2.75) is 20.8 Å². The second kappa shape index (κ2) is 4.07. The molecule has 2 nitrogen and oxygen atoms in total. The zero-order chi connectivity index (χ0) is 12.5. The molecule has 1 heterocycles. The van der Waals surface area contributed by atoms with Crippen molar-refractivity contribution in [2.75, 3.05) is 6.79 Å². The Labute approximate surface area is 102 Å². The van der Waals surface area contributed by atoms with Gasteiger partial charge in [-0.15, -0.1) is 6.42 Å². The highest BCUT2D eigenvalue weighted by molar-refractivity contribution is 5.63. The first-order chi connectivity index (χ1) is 8.01. The molecule has 0 atom stereocenters. The first-order valence-corrected chi connectivity index (χ1v) is 5.43. The average Bonchev–Trinajstić information content (AvgIpc) is 2.72. The lowest BCUT2D eigenvalue weighted by Crippen LogP contribution is -1.99. The van der Waals surface area contributed by atoms with Crippen LogP contribution in [0, 0.1) is 29.6 Å². The summed E-state index contributed by atoms with van der Waals surface area (Å²) in [6.45, 7) is 6.40. The molecule has 0 bridgehead atoms. The Hall–Kier alpha value is -2.06. The molecule has 1 aliphatic rings. The van der Waals surface area contributed by atoms with Crippen LogP contribution < -0.4 is 9.47 Å². The molecule has 0 unspecified atom stereocenters. The summed E-state index contributed by atoms with van der Waals surface area (Å²) in [4.78, 5) is 0. The summed E-state index contributed by atoms with van der Waals surface area (Å²) in [5, 5.41) is 0. The highest BCUT2D eigenvalue weighted by Crippen LogP contribution is 2.36. The zero-order valence-corrected chi connectivity index (χ0v) is 10.3. The summed E-state index contributed by atoms with van der Waals surface area (Å²) >= 11 is 0. The number of rotatable bonds is 0. The monoisotopic (exact) mass is 226 g/mol. The van der Waals surface area contributed by atoms with E-state index in [0.717, 1.165) is 5.56 Å². The van der Waals surface area contributed by atoms with E-state index >= 15 is 0 Å². The van der Waals surface area contributed by atoms with Gasteiger partial charge in [-0.05, 0) is 32.9 Å². The van der Waals surface area contributed by atoms with Crippen LogP contribution in [0.2, 0.25) is 0 Å². The molecule has 2 rings (SSSR count). The number of fused-ring (bicyclic) bond motifs is 1. The predicted molar refractivity (Wildman–Crippen MR) is 66.8 cm³/mol. The van der Waals surface area contributed by atoms with Crippen LogP contribution in [0.25, 0.3) is 0 Å². The Bertz CT molecular complexity index is 545. The first kappa shape index (κ1) is 11.4. The smallest absolute Gasteiger partial charge is 0.231 e. The predicted octanol–water partition coefficient (Wildman–Crippen LogP) is 2.79. The fourth-order valence-corrected chi connectivity index (χ4v) is 1.47. The molecule has 86 valence electrons. The number of terminal acetylenes is 1. The summed E-state index contributed by atoms with van der Waals surface area (Å²) < 4.78 is 10.6. The zero-order valence-electron chi connectivity index (χ0n) is 10.3. The van der Waals surface area contributed by atoms with Gasteiger partial charge in [0.15, 0.2) is 11.5 Å². The minimum atomic E-state index is -0.0533. The van der Waals surface area contributed by atoms with Gasteiger partial charge in [-0.25, -0.2) is 0 Å². The molecule has 1 aliphatic heterocycles. The molecule has 0 spiro atoms. The standard InChI is InChI=1S/C15H14O2/c1-5-12-11(8-9-15(2,3)4)6-7-13-14(12)17-10-16-13/h1,6-7H,10H2,2-4H3. The molecular weight excluding hydrogens is 212 g/mol. The van der Waals surface area contributed by atoms with Gasteiger partial charge in [-0.1, -0.05) is 17.8 Å². The number of ether oxygens (including phenoxy) is 2. The van der Waals surface area contributed by atoms with Gasteiger partial charge in [0.1, 0.15) is 0 Å². The molecule has 0 N–H and O–H groups in total. The van der Waals surface area contributed by atoms with Gasteiger partial charge in [-0.3, -0.25) is 0 Å². The normalized spacial score (nSPS) is 12.6. The molecule has 0 fully saturated rings. The third kappa shape index (κ3) is 2.37. The van der Waals surface area contributed by atoms with Crippen LogP contribution >= 0.6 is 0 Å². The van der Waals surface area contributed by atoms with Crippen molar-refractivity contribution in [3.05, 3.63) is 23.3 Å². The number of benzene rings is 1. The molecule has 0 saturated heterocycles. The van der Waals surface area contributed by atoms with Crippen LogP contribution in [0.5, 0.6) is 11.5 Å². The molecule has 17 heavy (non-hydrogen) atoms. The van der Waals surface area contributed by atoms with Crippen molar-refractivity contribution < 1.29 is 9.47 Å². The Morgan fingerprint density at radius 2 is 2.00 bits per heavy atom. The van der Waals surface area contributed by atoms with Crippen LogP contribution in [0.1, 0.15) is 31.9 Å². The maximum Gasteiger partial charge on any atom is 0.231 e. The van der Waals surface area contributed by atoms with E-state index in [1.807, 2.05) is 12.1 Å². The van der Waals surface area contributed by atoms with Gasteiger partial charge in [-0.2, -0.15) is 0 Å². The van der Waals surface area contributed by atoms with E-state index in [1.165, 1.54) is 0 Å². The lowest BCUT2D eigenvalue weighted by atomic mass is 9.96. The van der Waals surface area contributed by atoms with Crippen LogP contribution in [0.4, 0.5) is 0 Å². The maximum atomic E-state index is 5.51. The Kier molecular flexibility index (Phi) is 2.74.